The monoisotopic (exact) mass is 335 g/mol. The van der Waals surface area contributed by atoms with E-state index in [4.69, 9.17) is 4.74 Å². The molecule has 0 fully saturated rings. The van der Waals surface area contributed by atoms with E-state index in [0.717, 1.165) is 35.5 Å². The van der Waals surface area contributed by atoms with Gasteiger partial charge in [-0.1, -0.05) is 0 Å². The molecular weight excluding hydrogens is 321 g/mol. The van der Waals surface area contributed by atoms with Gasteiger partial charge in [0.05, 0.1) is 29.6 Å². The quantitative estimate of drug-likeness (QED) is 0.564. The first-order valence-corrected chi connectivity index (χ1v) is 8.09. The number of ether oxygens (including phenoxy) is 1. The van der Waals surface area contributed by atoms with Gasteiger partial charge in [-0.05, 0) is 35.9 Å². The summed E-state index contributed by atoms with van der Waals surface area (Å²) < 4.78 is 22.8. The average Bonchev–Trinajstić information content (AvgIpc) is 3.26. The number of aryl methyl sites for hydroxylation is 1. The predicted octanol–water partition coefficient (Wildman–Crippen LogP) is 3.18. The summed E-state index contributed by atoms with van der Waals surface area (Å²) >= 11 is 0. The van der Waals surface area contributed by atoms with Crippen LogP contribution in [0.5, 0.6) is 5.88 Å². The van der Waals surface area contributed by atoms with Crippen LogP contribution in [0, 0.1) is 5.82 Å². The number of halogens is 1. The van der Waals surface area contributed by atoms with Crippen LogP contribution in [-0.2, 0) is 6.54 Å². The summed E-state index contributed by atoms with van der Waals surface area (Å²) in [7, 11) is 0. The van der Waals surface area contributed by atoms with Crippen LogP contribution < -0.4 is 4.74 Å². The van der Waals surface area contributed by atoms with E-state index in [0.29, 0.717) is 18.0 Å². The number of rotatable bonds is 2. The molecule has 0 saturated carbocycles. The van der Waals surface area contributed by atoms with Crippen molar-refractivity contribution in [3.63, 3.8) is 0 Å². The van der Waals surface area contributed by atoms with Crippen LogP contribution in [0.3, 0.4) is 0 Å². The fourth-order valence-corrected chi connectivity index (χ4v) is 3.16. The van der Waals surface area contributed by atoms with Crippen molar-refractivity contribution in [2.45, 2.75) is 13.0 Å². The van der Waals surface area contributed by atoms with Crippen LogP contribution in [-0.4, -0.2) is 31.0 Å². The summed E-state index contributed by atoms with van der Waals surface area (Å²) in [5.41, 5.74) is 4.14. The third-order valence-electron chi connectivity index (χ3n) is 4.32. The van der Waals surface area contributed by atoms with Crippen molar-refractivity contribution in [1.29, 1.82) is 0 Å². The molecule has 0 aromatic carbocycles. The molecule has 0 aliphatic carbocycles. The molecule has 4 aromatic heterocycles. The Morgan fingerprint density at radius 1 is 1.16 bits per heavy atom. The maximum atomic E-state index is 13.3. The van der Waals surface area contributed by atoms with E-state index >= 15 is 0 Å². The van der Waals surface area contributed by atoms with E-state index in [1.54, 1.807) is 16.8 Å². The van der Waals surface area contributed by atoms with Crippen LogP contribution in [0.15, 0.2) is 48.9 Å². The summed E-state index contributed by atoms with van der Waals surface area (Å²) in [4.78, 5) is 4.21. The second kappa shape index (κ2) is 5.41. The topological polar surface area (TPSA) is 57.2 Å². The first kappa shape index (κ1) is 14.2. The normalized spacial score (nSPS) is 13.6. The molecule has 6 nitrogen and oxygen atoms in total. The second-order valence-electron chi connectivity index (χ2n) is 5.93. The number of pyridine rings is 2. The molecule has 0 bridgehead atoms. The van der Waals surface area contributed by atoms with Gasteiger partial charge in [-0.25, -0.2) is 13.6 Å². The molecule has 0 amide bonds. The SMILES string of the molecule is Fc1ccc(-c2nn3c(c2-c2ccn4nccc4c2)OCCC3)nc1. The van der Waals surface area contributed by atoms with Gasteiger partial charge in [0, 0.05) is 25.4 Å². The lowest BCUT2D eigenvalue weighted by Gasteiger charge is -2.16. The molecule has 4 aromatic rings. The summed E-state index contributed by atoms with van der Waals surface area (Å²) in [5.74, 6) is 0.363. The number of nitrogens with zero attached hydrogens (tertiary/aromatic N) is 5. The molecule has 0 saturated heterocycles. The van der Waals surface area contributed by atoms with Gasteiger partial charge in [0.2, 0.25) is 5.88 Å². The van der Waals surface area contributed by atoms with Crippen LogP contribution in [0.1, 0.15) is 6.42 Å². The Morgan fingerprint density at radius 2 is 2.12 bits per heavy atom. The van der Waals surface area contributed by atoms with Gasteiger partial charge in [-0.15, -0.1) is 0 Å². The van der Waals surface area contributed by atoms with Gasteiger partial charge < -0.3 is 4.74 Å². The standard InChI is InChI=1S/C18H14FN5O/c19-13-2-3-15(20-11-13)17-16(18-24(22-17)7-1-9-25-18)12-5-8-23-14(10-12)4-6-21-23/h2-6,8,10-11H,1,7,9H2. The van der Waals surface area contributed by atoms with Crippen LogP contribution in [0.25, 0.3) is 28.0 Å². The van der Waals surface area contributed by atoms with Crippen molar-refractivity contribution in [1.82, 2.24) is 24.4 Å². The molecule has 0 N–H and O–H groups in total. The Balaban J connectivity index is 1.75. The van der Waals surface area contributed by atoms with Crippen molar-refractivity contribution in [3.8, 4) is 28.4 Å². The third kappa shape index (κ3) is 2.27. The number of aromatic nitrogens is 5. The number of hydrogen-bond acceptors (Lipinski definition) is 4. The highest BCUT2D eigenvalue weighted by atomic mass is 19.1. The molecule has 0 unspecified atom stereocenters. The molecule has 25 heavy (non-hydrogen) atoms. The van der Waals surface area contributed by atoms with Crippen molar-refractivity contribution in [2.24, 2.45) is 0 Å². The van der Waals surface area contributed by atoms with E-state index in [1.165, 1.54) is 12.3 Å². The fraction of sp³-hybridized carbons (Fsp3) is 0.167. The Morgan fingerprint density at radius 3 is 3.00 bits per heavy atom. The first-order valence-electron chi connectivity index (χ1n) is 8.09. The first-order chi connectivity index (χ1) is 12.3. The van der Waals surface area contributed by atoms with Crippen LogP contribution >= 0.6 is 0 Å². The largest absolute Gasteiger partial charge is 0.477 e. The van der Waals surface area contributed by atoms with Gasteiger partial charge >= 0.3 is 0 Å². The Hall–Kier alpha value is -3.22. The minimum absolute atomic E-state index is 0.369. The lowest BCUT2D eigenvalue weighted by Crippen LogP contribution is -2.14. The van der Waals surface area contributed by atoms with Gasteiger partial charge in [-0.2, -0.15) is 10.2 Å². The molecule has 0 atom stereocenters. The zero-order valence-corrected chi connectivity index (χ0v) is 13.3. The molecule has 7 heteroatoms. The Kier molecular flexibility index (Phi) is 3.06. The zero-order chi connectivity index (χ0) is 16.8. The highest BCUT2D eigenvalue weighted by Gasteiger charge is 2.25. The molecule has 0 radical (unpaired) electrons. The zero-order valence-electron chi connectivity index (χ0n) is 13.3. The average molecular weight is 335 g/mol. The summed E-state index contributed by atoms with van der Waals surface area (Å²) in [6, 6.07) is 8.99. The summed E-state index contributed by atoms with van der Waals surface area (Å²) in [6.45, 7) is 1.45. The molecule has 1 aliphatic heterocycles. The predicted molar refractivity (Wildman–Crippen MR) is 89.7 cm³/mol. The van der Waals surface area contributed by atoms with Gasteiger partial charge in [0.15, 0.2) is 0 Å². The summed E-state index contributed by atoms with van der Waals surface area (Å²) in [5, 5.41) is 8.91. The molecule has 5 rings (SSSR count). The lowest BCUT2D eigenvalue weighted by molar-refractivity contribution is 0.231. The molecule has 5 heterocycles. The maximum absolute atomic E-state index is 13.3. The van der Waals surface area contributed by atoms with Crippen molar-refractivity contribution >= 4 is 5.52 Å². The minimum Gasteiger partial charge on any atom is -0.477 e. The lowest BCUT2D eigenvalue weighted by atomic mass is 10.0. The highest BCUT2D eigenvalue weighted by molar-refractivity contribution is 5.85. The van der Waals surface area contributed by atoms with Crippen LogP contribution in [0.2, 0.25) is 0 Å². The molecule has 0 spiro atoms. The smallest absolute Gasteiger partial charge is 0.220 e. The number of hydrogen-bond donors (Lipinski definition) is 0. The fourth-order valence-electron chi connectivity index (χ4n) is 3.16. The van der Waals surface area contributed by atoms with E-state index in [2.05, 4.69) is 15.2 Å². The third-order valence-corrected chi connectivity index (χ3v) is 4.32. The van der Waals surface area contributed by atoms with Gasteiger partial charge in [-0.3, -0.25) is 4.98 Å². The molecule has 124 valence electrons. The van der Waals surface area contributed by atoms with Crippen LogP contribution in [0.4, 0.5) is 4.39 Å². The van der Waals surface area contributed by atoms with Gasteiger partial charge in [0.1, 0.15) is 11.5 Å². The molecule has 1 aliphatic rings. The van der Waals surface area contributed by atoms with E-state index in [1.807, 2.05) is 29.1 Å². The summed E-state index contributed by atoms with van der Waals surface area (Å²) in [6.07, 6.45) is 5.77. The Labute approximate surface area is 142 Å². The second-order valence-corrected chi connectivity index (χ2v) is 5.93. The van der Waals surface area contributed by atoms with Crippen molar-refractivity contribution in [3.05, 3.63) is 54.7 Å². The minimum atomic E-state index is -0.369. The van der Waals surface area contributed by atoms with Crippen molar-refractivity contribution < 1.29 is 9.13 Å². The van der Waals surface area contributed by atoms with Gasteiger partial charge in [0.25, 0.3) is 0 Å². The van der Waals surface area contributed by atoms with E-state index in [9.17, 15) is 4.39 Å². The highest BCUT2D eigenvalue weighted by Crippen LogP contribution is 2.40. The van der Waals surface area contributed by atoms with Crippen molar-refractivity contribution in [2.75, 3.05) is 6.61 Å². The van der Waals surface area contributed by atoms with E-state index < -0.39 is 0 Å². The Bertz CT molecular complexity index is 1070. The maximum Gasteiger partial charge on any atom is 0.220 e. The van der Waals surface area contributed by atoms with E-state index in [-0.39, 0.29) is 5.82 Å². The molecular formula is C18H14FN5O. The number of fused-ring (bicyclic) bond motifs is 2.